The molecule has 0 atom stereocenters. The SMILES string of the molecule is C1CCNC1.CCCNC(=O)c1ccccc1Oc1ccccc1. The van der Waals surface area contributed by atoms with E-state index in [2.05, 4.69) is 10.6 Å². The van der Waals surface area contributed by atoms with Crippen LogP contribution in [0.25, 0.3) is 0 Å². The van der Waals surface area contributed by atoms with Crippen molar-refractivity contribution in [2.24, 2.45) is 0 Å². The lowest BCUT2D eigenvalue weighted by molar-refractivity contribution is 0.0951. The number of rotatable bonds is 5. The Hall–Kier alpha value is -2.33. The smallest absolute Gasteiger partial charge is 0.255 e. The molecular formula is C20H26N2O2. The molecule has 0 saturated carbocycles. The van der Waals surface area contributed by atoms with Gasteiger partial charge in [0.1, 0.15) is 11.5 Å². The van der Waals surface area contributed by atoms with Crippen molar-refractivity contribution in [3.05, 3.63) is 60.2 Å². The van der Waals surface area contributed by atoms with Crippen molar-refractivity contribution in [1.82, 2.24) is 10.6 Å². The Bertz CT molecular complexity index is 602. The van der Waals surface area contributed by atoms with Gasteiger partial charge in [-0.1, -0.05) is 37.3 Å². The van der Waals surface area contributed by atoms with E-state index < -0.39 is 0 Å². The summed E-state index contributed by atoms with van der Waals surface area (Å²) in [6.07, 6.45) is 3.69. The maximum atomic E-state index is 12.0. The molecule has 1 fully saturated rings. The van der Waals surface area contributed by atoms with Crippen LogP contribution >= 0.6 is 0 Å². The molecule has 2 aromatic carbocycles. The van der Waals surface area contributed by atoms with Crippen LogP contribution < -0.4 is 15.4 Å². The lowest BCUT2D eigenvalue weighted by Gasteiger charge is -2.10. The molecule has 4 nitrogen and oxygen atoms in total. The lowest BCUT2D eigenvalue weighted by atomic mass is 10.2. The maximum Gasteiger partial charge on any atom is 0.255 e. The van der Waals surface area contributed by atoms with Gasteiger partial charge in [0.2, 0.25) is 0 Å². The van der Waals surface area contributed by atoms with E-state index in [-0.39, 0.29) is 5.91 Å². The number of ether oxygens (including phenoxy) is 1. The zero-order valence-electron chi connectivity index (χ0n) is 14.3. The van der Waals surface area contributed by atoms with Crippen LogP contribution in [0.15, 0.2) is 54.6 Å². The molecule has 0 unspecified atom stereocenters. The number of carbonyl (C=O) groups is 1. The minimum absolute atomic E-state index is 0.103. The molecule has 0 spiro atoms. The Morgan fingerprint density at radius 3 is 2.33 bits per heavy atom. The lowest BCUT2D eigenvalue weighted by Crippen LogP contribution is -2.24. The van der Waals surface area contributed by atoms with Gasteiger partial charge in [0.05, 0.1) is 5.56 Å². The Balaban J connectivity index is 0.000000355. The highest BCUT2D eigenvalue weighted by atomic mass is 16.5. The number of nitrogens with one attached hydrogen (secondary N) is 2. The summed E-state index contributed by atoms with van der Waals surface area (Å²) in [5, 5.41) is 6.08. The Labute approximate surface area is 144 Å². The van der Waals surface area contributed by atoms with Crippen LogP contribution in [0.2, 0.25) is 0 Å². The summed E-state index contributed by atoms with van der Waals surface area (Å²) >= 11 is 0. The van der Waals surface area contributed by atoms with Crippen molar-refractivity contribution in [2.45, 2.75) is 26.2 Å². The van der Waals surface area contributed by atoms with Gasteiger partial charge in [0.15, 0.2) is 0 Å². The normalized spacial score (nSPS) is 12.9. The van der Waals surface area contributed by atoms with Crippen molar-refractivity contribution in [3.63, 3.8) is 0 Å². The molecule has 0 aliphatic carbocycles. The molecule has 1 heterocycles. The molecule has 24 heavy (non-hydrogen) atoms. The highest BCUT2D eigenvalue weighted by Crippen LogP contribution is 2.24. The molecule has 1 aliphatic rings. The van der Waals surface area contributed by atoms with E-state index in [1.54, 1.807) is 12.1 Å². The zero-order chi connectivity index (χ0) is 17.0. The zero-order valence-corrected chi connectivity index (χ0v) is 14.3. The summed E-state index contributed by atoms with van der Waals surface area (Å²) in [5.41, 5.74) is 0.555. The van der Waals surface area contributed by atoms with Crippen LogP contribution in [-0.2, 0) is 0 Å². The largest absolute Gasteiger partial charge is 0.457 e. The molecule has 128 valence electrons. The molecule has 0 bridgehead atoms. The van der Waals surface area contributed by atoms with E-state index in [4.69, 9.17) is 4.74 Å². The standard InChI is InChI=1S/C16H17NO2.C4H9N/c1-2-12-17-16(18)14-10-6-7-11-15(14)19-13-8-4-3-5-9-13;1-2-4-5-3-1/h3-11H,2,12H2,1H3,(H,17,18);5H,1-4H2. The van der Waals surface area contributed by atoms with Crippen LogP contribution in [0.4, 0.5) is 0 Å². The van der Waals surface area contributed by atoms with E-state index in [1.165, 1.54) is 25.9 Å². The van der Waals surface area contributed by atoms with Gasteiger partial charge in [-0.3, -0.25) is 4.79 Å². The summed E-state index contributed by atoms with van der Waals surface area (Å²) in [5.74, 6) is 1.19. The maximum absolute atomic E-state index is 12.0. The topological polar surface area (TPSA) is 50.4 Å². The van der Waals surface area contributed by atoms with E-state index in [0.717, 1.165) is 12.2 Å². The summed E-state index contributed by atoms with van der Waals surface area (Å²) in [7, 11) is 0. The van der Waals surface area contributed by atoms with Crippen LogP contribution in [0.3, 0.4) is 0 Å². The Kier molecular flexibility index (Phi) is 7.84. The molecule has 2 N–H and O–H groups in total. The predicted molar refractivity (Wildman–Crippen MR) is 97.7 cm³/mol. The van der Waals surface area contributed by atoms with Gasteiger partial charge in [-0.2, -0.15) is 0 Å². The van der Waals surface area contributed by atoms with Crippen LogP contribution in [0, 0.1) is 0 Å². The van der Waals surface area contributed by atoms with Gasteiger partial charge in [-0.15, -0.1) is 0 Å². The molecular weight excluding hydrogens is 300 g/mol. The fourth-order valence-corrected chi connectivity index (χ4v) is 2.32. The third-order valence-corrected chi connectivity index (χ3v) is 3.60. The quantitative estimate of drug-likeness (QED) is 0.873. The molecule has 1 saturated heterocycles. The van der Waals surface area contributed by atoms with E-state index >= 15 is 0 Å². The van der Waals surface area contributed by atoms with Crippen molar-refractivity contribution in [3.8, 4) is 11.5 Å². The highest BCUT2D eigenvalue weighted by Gasteiger charge is 2.11. The predicted octanol–water partition coefficient (Wildman–Crippen LogP) is 3.99. The van der Waals surface area contributed by atoms with Gasteiger partial charge in [-0.05, 0) is 56.6 Å². The van der Waals surface area contributed by atoms with Crippen LogP contribution in [0.1, 0.15) is 36.5 Å². The van der Waals surface area contributed by atoms with Crippen LogP contribution in [-0.4, -0.2) is 25.5 Å². The monoisotopic (exact) mass is 326 g/mol. The molecule has 2 aromatic rings. The first-order chi connectivity index (χ1) is 11.8. The second-order valence-corrected chi connectivity index (χ2v) is 5.62. The first kappa shape index (κ1) is 18.0. The Morgan fingerprint density at radius 1 is 1.04 bits per heavy atom. The van der Waals surface area contributed by atoms with E-state index in [9.17, 15) is 4.79 Å². The molecule has 3 rings (SSSR count). The summed E-state index contributed by atoms with van der Waals surface area (Å²) in [4.78, 5) is 12.0. The van der Waals surface area contributed by atoms with Crippen molar-refractivity contribution in [1.29, 1.82) is 0 Å². The van der Waals surface area contributed by atoms with Crippen molar-refractivity contribution < 1.29 is 9.53 Å². The first-order valence-corrected chi connectivity index (χ1v) is 8.62. The minimum atomic E-state index is -0.103. The molecule has 0 aromatic heterocycles. The average Bonchev–Trinajstić information content (AvgIpc) is 3.21. The number of amides is 1. The summed E-state index contributed by atoms with van der Waals surface area (Å²) < 4.78 is 5.75. The third kappa shape index (κ3) is 6.05. The second kappa shape index (κ2) is 10.4. The fraction of sp³-hybridized carbons (Fsp3) is 0.350. The first-order valence-electron chi connectivity index (χ1n) is 8.62. The van der Waals surface area contributed by atoms with Gasteiger partial charge in [-0.25, -0.2) is 0 Å². The Morgan fingerprint density at radius 2 is 1.71 bits per heavy atom. The number of para-hydroxylation sites is 2. The number of carbonyl (C=O) groups excluding carboxylic acids is 1. The number of hydrogen-bond acceptors (Lipinski definition) is 3. The highest BCUT2D eigenvalue weighted by molar-refractivity contribution is 5.96. The number of benzene rings is 2. The van der Waals surface area contributed by atoms with Crippen molar-refractivity contribution in [2.75, 3.05) is 19.6 Å². The van der Waals surface area contributed by atoms with E-state index in [0.29, 0.717) is 17.9 Å². The number of hydrogen-bond donors (Lipinski definition) is 2. The summed E-state index contributed by atoms with van der Waals surface area (Å²) in [6.45, 7) is 5.19. The third-order valence-electron chi connectivity index (χ3n) is 3.60. The van der Waals surface area contributed by atoms with Gasteiger partial charge in [0, 0.05) is 6.54 Å². The molecule has 4 heteroatoms. The molecule has 0 radical (unpaired) electrons. The van der Waals surface area contributed by atoms with Gasteiger partial charge >= 0.3 is 0 Å². The van der Waals surface area contributed by atoms with Crippen LogP contribution in [0.5, 0.6) is 11.5 Å². The molecule has 1 amide bonds. The van der Waals surface area contributed by atoms with Crippen molar-refractivity contribution >= 4 is 5.91 Å². The molecule has 1 aliphatic heterocycles. The second-order valence-electron chi connectivity index (χ2n) is 5.62. The van der Waals surface area contributed by atoms with Gasteiger partial charge < -0.3 is 15.4 Å². The average molecular weight is 326 g/mol. The van der Waals surface area contributed by atoms with Gasteiger partial charge in [0.25, 0.3) is 5.91 Å². The minimum Gasteiger partial charge on any atom is -0.457 e. The van der Waals surface area contributed by atoms with E-state index in [1.807, 2.05) is 49.4 Å². The summed E-state index contributed by atoms with van der Waals surface area (Å²) in [6, 6.07) is 16.7. The fourth-order valence-electron chi connectivity index (χ4n) is 2.32.